The van der Waals surface area contributed by atoms with Crippen molar-refractivity contribution in [2.75, 3.05) is 33.3 Å². The van der Waals surface area contributed by atoms with Gasteiger partial charge in [-0.15, -0.1) is 0 Å². The third-order valence-corrected chi connectivity index (χ3v) is 4.02. The topological polar surface area (TPSA) is 76.6 Å². The number of aromatic amines is 1. The Hall–Kier alpha value is -1.66. The van der Waals surface area contributed by atoms with E-state index < -0.39 is 0 Å². The highest BCUT2D eigenvalue weighted by Crippen LogP contribution is 2.17. The Morgan fingerprint density at radius 1 is 1.48 bits per heavy atom. The average molecular weight is 293 g/mol. The van der Waals surface area contributed by atoms with E-state index >= 15 is 0 Å². The van der Waals surface area contributed by atoms with Crippen LogP contribution in [-0.2, 0) is 0 Å². The van der Waals surface area contributed by atoms with Gasteiger partial charge in [0.25, 0.3) is 5.91 Å². The Kier molecular flexibility index (Phi) is 5.14. The van der Waals surface area contributed by atoms with Crippen LogP contribution in [0.3, 0.4) is 0 Å². The molecule has 1 fully saturated rings. The maximum Gasteiger partial charge on any atom is 0.259 e. The van der Waals surface area contributed by atoms with E-state index in [1.165, 1.54) is 12.3 Å². The first-order valence-electron chi connectivity index (χ1n) is 7.32. The van der Waals surface area contributed by atoms with Gasteiger partial charge < -0.3 is 19.9 Å². The fraction of sp³-hybridized carbons (Fsp3) is 0.600. The minimum absolute atomic E-state index is 0.0848. The SMILES string of the molecule is Cc1cc(=O)c(C(=O)N(CCO)C2CCN(C)CC2)c[nH]1. The van der Waals surface area contributed by atoms with Crippen molar-refractivity contribution in [3.05, 3.63) is 33.7 Å². The highest BCUT2D eigenvalue weighted by Gasteiger charge is 2.28. The molecule has 1 aromatic heterocycles. The normalized spacial score (nSPS) is 16.9. The number of nitrogens with one attached hydrogen (secondary N) is 1. The number of likely N-dealkylation sites (tertiary alicyclic amines) is 1. The second-order valence-electron chi connectivity index (χ2n) is 5.65. The molecule has 116 valence electrons. The second kappa shape index (κ2) is 6.87. The van der Waals surface area contributed by atoms with E-state index in [-0.39, 0.29) is 36.1 Å². The number of rotatable bonds is 4. The number of pyridine rings is 1. The molecule has 0 aromatic carbocycles. The Morgan fingerprint density at radius 3 is 2.71 bits per heavy atom. The first kappa shape index (κ1) is 15.7. The van der Waals surface area contributed by atoms with Crippen molar-refractivity contribution >= 4 is 5.91 Å². The zero-order valence-electron chi connectivity index (χ0n) is 12.6. The van der Waals surface area contributed by atoms with Gasteiger partial charge in [-0.3, -0.25) is 9.59 Å². The van der Waals surface area contributed by atoms with E-state index in [1.54, 1.807) is 11.8 Å². The van der Waals surface area contributed by atoms with Gasteiger partial charge in [-0.25, -0.2) is 0 Å². The number of carbonyl (C=O) groups excluding carboxylic acids is 1. The van der Waals surface area contributed by atoms with E-state index in [1.807, 2.05) is 0 Å². The van der Waals surface area contributed by atoms with Gasteiger partial charge in [-0.1, -0.05) is 0 Å². The molecule has 0 saturated carbocycles. The number of aliphatic hydroxyl groups excluding tert-OH is 1. The summed E-state index contributed by atoms with van der Waals surface area (Å²) in [4.78, 5) is 31.4. The van der Waals surface area contributed by atoms with Gasteiger partial charge in [0.1, 0.15) is 5.56 Å². The third kappa shape index (κ3) is 3.71. The molecule has 1 aromatic rings. The van der Waals surface area contributed by atoms with Crippen molar-refractivity contribution in [3.8, 4) is 0 Å². The van der Waals surface area contributed by atoms with Crippen LogP contribution in [-0.4, -0.2) is 65.1 Å². The molecule has 6 heteroatoms. The van der Waals surface area contributed by atoms with E-state index in [4.69, 9.17) is 0 Å². The van der Waals surface area contributed by atoms with Gasteiger partial charge in [-0.2, -0.15) is 0 Å². The van der Waals surface area contributed by atoms with Gasteiger partial charge >= 0.3 is 0 Å². The summed E-state index contributed by atoms with van der Waals surface area (Å²) in [7, 11) is 2.05. The molecule has 0 atom stereocenters. The summed E-state index contributed by atoms with van der Waals surface area (Å²) in [6.45, 7) is 3.79. The number of amides is 1. The van der Waals surface area contributed by atoms with Crippen LogP contribution in [0.4, 0.5) is 0 Å². The number of hydrogen-bond acceptors (Lipinski definition) is 4. The molecule has 1 aliphatic rings. The predicted molar refractivity (Wildman–Crippen MR) is 80.4 cm³/mol. The monoisotopic (exact) mass is 293 g/mol. The first-order chi connectivity index (χ1) is 10.0. The van der Waals surface area contributed by atoms with Crippen LogP contribution in [0.1, 0.15) is 28.9 Å². The van der Waals surface area contributed by atoms with Crippen LogP contribution >= 0.6 is 0 Å². The van der Waals surface area contributed by atoms with Crippen molar-refractivity contribution in [2.45, 2.75) is 25.8 Å². The van der Waals surface area contributed by atoms with Crippen molar-refractivity contribution < 1.29 is 9.90 Å². The number of H-pyrrole nitrogens is 1. The molecule has 0 bridgehead atoms. The molecule has 1 saturated heterocycles. The maximum atomic E-state index is 12.6. The molecule has 1 aliphatic heterocycles. The third-order valence-electron chi connectivity index (χ3n) is 4.02. The standard InChI is InChI=1S/C15H23N3O3/c1-11-9-14(20)13(10-16-11)15(21)18(7-8-19)12-3-5-17(2)6-4-12/h9-10,12,19H,3-8H2,1-2H3,(H,16,20). The quantitative estimate of drug-likeness (QED) is 0.832. The predicted octanol–water partition coefficient (Wildman–Crippen LogP) is 0.212. The summed E-state index contributed by atoms with van der Waals surface area (Å²) < 4.78 is 0. The Morgan fingerprint density at radius 2 is 2.14 bits per heavy atom. The van der Waals surface area contributed by atoms with Gasteiger partial charge in [-0.05, 0) is 39.9 Å². The fourth-order valence-corrected chi connectivity index (χ4v) is 2.76. The summed E-state index contributed by atoms with van der Waals surface area (Å²) in [5, 5.41) is 9.24. The smallest absolute Gasteiger partial charge is 0.259 e. The minimum Gasteiger partial charge on any atom is -0.395 e. The number of aryl methyl sites for hydroxylation is 1. The maximum absolute atomic E-state index is 12.6. The van der Waals surface area contributed by atoms with E-state index in [9.17, 15) is 14.7 Å². The van der Waals surface area contributed by atoms with Gasteiger partial charge in [0.15, 0.2) is 5.43 Å². The lowest BCUT2D eigenvalue weighted by Crippen LogP contribution is -2.48. The van der Waals surface area contributed by atoms with Crippen LogP contribution in [0.15, 0.2) is 17.1 Å². The lowest BCUT2D eigenvalue weighted by atomic mass is 10.0. The van der Waals surface area contributed by atoms with Crippen LogP contribution in [0, 0.1) is 6.92 Å². The molecule has 0 aliphatic carbocycles. The summed E-state index contributed by atoms with van der Waals surface area (Å²) in [6, 6.07) is 1.51. The van der Waals surface area contributed by atoms with Crippen LogP contribution < -0.4 is 5.43 Å². The Labute approximate surface area is 124 Å². The lowest BCUT2D eigenvalue weighted by Gasteiger charge is -2.37. The van der Waals surface area contributed by atoms with E-state index in [0.29, 0.717) is 0 Å². The van der Waals surface area contributed by atoms with Crippen LogP contribution in [0.5, 0.6) is 0 Å². The fourth-order valence-electron chi connectivity index (χ4n) is 2.76. The summed E-state index contributed by atoms with van der Waals surface area (Å²) in [5.74, 6) is -0.292. The second-order valence-corrected chi connectivity index (χ2v) is 5.65. The molecule has 2 rings (SSSR count). The number of aliphatic hydroxyl groups is 1. The zero-order valence-corrected chi connectivity index (χ0v) is 12.6. The van der Waals surface area contributed by atoms with Crippen LogP contribution in [0.2, 0.25) is 0 Å². The number of carbonyl (C=O) groups is 1. The van der Waals surface area contributed by atoms with Crippen molar-refractivity contribution in [3.63, 3.8) is 0 Å². The summed E-state index contributed by atoms with van der Waals surface area (Å²) in [6.07, 6.45) is 3.21. The number of piperidine rings is 1. The number of nitrogens with zero attached hydrogens (tertiary/aromatic N) is 2. The largest absolute Gasteiger partial charge is 0.395 e. The Bertz CT molecular complexity index is 547. The zero-order chi connectivity index (χ0) is 15.4. The van der Waals surface area contributed by atoms with E-state index in [2.05, 4.69) is 16.9 Å². The molecular weight excluding hydrogens is 270 g/mol. The van der Waals surface area contributed by atoms with Crippen LogP contribution in [0.25, 0.3) is 0 Å². The van der Waals surface area contributed by atoms with Gasteiger partial charge in [0.05, 0.1) is 6.61 Å². The molecule has 21 heavy (non-hydrogen) atoms. The molecular formula is C15H23N3O3. The molecule has 0 spiro atoms. The minimum atomic E-state index is -0.292. The molecule has 0 radical (unpaired) electrons. The molecule has 0 unspecified atom stereocenters. The Balaban J connectivity index is 2.21. The molecule has 2 heterocycles. The van der Waals surface area contributed by atoms with Gasteiger partial charge in [0.2, 0.25) is 0 Å². The lowest BCUT2D eigenvalue weighted by molar-refractivity contribution is 0.0538. The van der Waals surface area contributed by atoms with Crippen molar-refractivity contribution in [1.82, 2.24) is 14.8 Å². The number of hydrogen-bond donors (Lipinski definition) is 2. The molecule has 1 amide bonds. The van der Waals surface area contributed by atoms with Crippen molar-refractivity contribution in [2.24, 2.45) is 0 Å². The average Bonchev–Trinajstić information content (AvgIpc) is 2.45. The van der Waals surface area contributed by atoms with E-state index in [0.717, 1.165) is 31.6 Å². The highest BCUT2D eigenvalue weighted by molar-refractivity contribution is 5.94. The molecule has 2 N–H and O–H groups in total. The first-order valence-corrected chi connectivity index (χ1v) is 7.32. The van der Waals surface area contributed by atoms with Gasteiger partial charge in [0, 0.05) is 30.5 Å². The molecule has 6 nitrogen and oxygen atoms in total. The highest BCUT2D eigenvalue weighted by atomic mass is 16.3. The number of aromatic nitrogens is 1. The summed E-state index contributed by atoms with van der Waals surface area (Å²) in [5.41, 5.74) is 0.602. The summed E-state index contributed by atoms with van der Waals surface area (Å²) >= 11 is 0. The van der Waals surface area contributed by atoms with Crippen molar-refractivity contribution in [1.29, 1.82) is 0 Å².